The summed E-state index contributed by atoms with van der Waals surface area (Å²) < 4.78 is 0. The molecule has 0 bridgehead atoms. The number of carbonyl (C=O) groups excluding carboxylic acids is 2. The van der Waals surface area contributed by atoms with Gasteiger partial charge in [-0.25, -0.2) is 0 Å². The van der Waals surface area contributed by atoms with Gasteiger partial charge in [-0.1, -0.05) is 13.8 Å². The van der Waals surface area contributed by atoms with Crippen LogP contribution in [0.1, 0.15) is 13.8 Å². The minimum Gasteiger partial charge on any atom is -0.276 e. The van der Waals surface area contributed by atoms with Gasteiger partial charge in [0.15, 0.2) is 0 Å². The Hall–Kier alpha value is -0.340. The zero-order valence-corrected chi connectivity index (χ0v) is 7.74. The predicted molar refractivity (Wildman–Crippen MR) is 44.6 cm³/mol. The third kappa shape index (κ3) is 4.17. The molecule has 0 aromatic rings. The van der Waals surface area contributed by atoms with Crippen LogP contribution in [0.3, 0.4) is 0 Å². The van der Waals surface area contributed by atoms with E-state index in [4.69, 9.17) is 23.2 Å². The van der Waals surface area contributed by atoms with Crippen molar-refractivity contribution in [3.63, 3.8) is 0 Å². The molecule has 0 heterocycles. The fraction of sp³-hybridized carbons (Fsp3) is 0.429. The molecule has 0 radical (unpaired) electrons. The Labute approximate surface area is 75.2 Å². The first kappa shape index (κ1) is 10.7. The molecule has 2 nitrogen and oxygen atoms in total. The highest BCUT2D eigenvalue weighted by Crippen LogP contribution is 2.13. The van der Waals surface area contributed by atoms with E-state index in [0.29, 0.717) is 0 Å². The Kier molecular flexibility index (Phi) is 4.38. The molecule has 0 aromatic carbocycles. The maximum absolute atomic E-state index is 10.6. The van der Waals surface area contributed by atoms with E-state index >= 15 is 0 Å². The second-order valence-corrected chi connectivity index (χ2v) is 3.05. The quantitative estimate of drug-likeness (QED) is 0.510. The molecule has 62 valence electrons. The van der Waals surface area contributed by atoms with Crippen molar-refractivity contribution in [2.45, 2.75) is 13.8 Å². The normalized spacial score (nSPS) is 11.9. The first-order valence-electron chi connectivity index (χ1n) is 3.06. The Balaban J connectivity index is 4.60. The topological polar surface area (TPSA) is 34.1 Å². The van der Waals surface area contributed by atoms with Crippen LogP contribution in [0.2, 0.25) is 0 Å². The maximum Gasteiger partial charge on any atom is 0.248 e. The van der Waals surface area contributed by atoms with Gasteiger partial charge in [0, 0.05) is 11.6 Å². The number of halogens is 2. The fourth-order valence-corrected chi connectivity index (χ4v) is 0.963. The molecular weight excluding hydrogens is 187 g/mol. The van der Waals surface area contributed by atoms with Crippen LogP contribution in [0, 0.1) is 5.92 Å². The van der Waals surface area contributed by atoms with Crippen LogP contribution >= 0.6 is 23.2 Å². The van der Waals surface area contributed by atoms with E-state index in [9.17, 15) is 9.59 Å². The van der Waals surface area contributed by atoms with Crippen LogP contribution in [-0.4, -0.2) is 10.5 Å². The van der Waals surface area contributed by atoms with E-state index in [1.54, 1.807) is 13.8 Å². The van der Waals surface area contributed by atoms with Gasteiger partial charge in [0.25, 0.3) is 0 Å². The van der Waals surface area contributed by atoms with Crippen molar-refractivity contribution in [3.8, 4) is 0 Å². The van der Waals surface area contributed by atoms with Gasteiger partial charge in [0.05, 0.1) is 0 Å². The van der Waals surface area contributed by atoms with Crippen molar-refractivity contribution in [2.24, 2.45) is 5.92 Å². The molecule has 0 fully saturated rings. The second kappa shape index (κ2) is 4.52. The van der Waals surface area contributed by atoms with Crippen LogP contribution in [0.15, 0.2) is 11.6 Å². The van der Waals surface area contributed by atoms with E-state index < -0.39 is 10.5 Å². The molecule has 0 saturated heterocycles. The molecule has 0 unspecified atom stereocenters. The van der Waals surface area contributed by atoms with Gasteiger partial charge in [0.1, 0.15) is 0 Å². The minimum absolute atomic E-state index is 0.0808. The lowest BCUT2D eigenvalue weighted by atomic mass is 10.1. The lowest BCUT2D eigenvalue weighted by Crippen LogP contribution is -2.03. The van der Waals surface area contributed by atoms with Gasteiger partial charge in [-0.15, -0.1) is 0 Å². The molecule has 4 heteroatoms. The molecule has 0 N–H and O–H groups in total. The smallest absolute Gasteiger partial charge is 0.248 e. The van der Waals surface area contributed by atoms with Crippen molar-refractivity contribution in [2.75, 3.05) is 0 Å². The summed E-state index contributed by atoms with van der Waals surface area (Å²) in [6, 6.07) is 0. The molecule has 0 atom stereocenters. The Morgan fingerprint density at radius 3 is 1.82 bits per heavy atom. The number of allylic oxidation sites excluding steroid dienone is 2. The SMILES string of the molecule is CC(C)/C(=C/C(=O)Cl)C(=O)Cl. The van der Waals surface area contributed by atoms with E-state index in [1.165, 1.54) is 0 Å². The second-order valence-electron chi connectivity index (χ2n) is 2.33. The Morgan fingerprint density at radius 2 is 1.73 bits per heavy atom. The van der Waals surface area contributed by atoms with Crippen molar-refractivity contribution in [1.82, 2.24) is 0 Å². The number of hydrogen-bond acceptors (Lipinski definition) is 2. The molecule has 0 saturated carbocycles. The predicted octanol–water partition coefficient (Wildman–Crippen LogP) is 2.10. The highest BCUT2D eigenvalue weighted by molar-refractivity contribution is 6.70. The molecule has 11 heavy (non-hydrogen) atoms. The van der Waals surface area contributed by atoms with Crippen molar-refractivity contribution in [1.29, 1.82) is 0 Å². The first-order valence-corrected chi connectivity index (χ1v) is 3.81. The van der Waals surface area contributed by atoms with Gasteiger partial charge in [0.2, 0.25) is 10.5 Å². The largest absolute Gasteiger partial charge is 0.276 e. The van der Waals surface area contributed by atoms with Gasteiger partial charge >= 0.3 is 0 Å². The fourth-order valence-electron chi connectivity index (χ4n) is 0.573. The van der Waals surface area contributed by atoms with E-state index in [1.807, 2.05) is 0 Å². The summed E-state index contributed by atoms with van der Waals surface area (Å²) in [5.41, 5.74) is 0.242. The zero-order chi connectivity index (χ0) is 9.02. The number of rotatable bonds is 3. The molecular formula is C7H8Cl2O2. The molecule has 0 aromatic heterocycles. The molecule has 0 rings (SSSR count). The average molecular weight is 195 g/mol. The standard InChI is InChI=1S/C7H8Cl2O2/c1-4(2)5(7(9)11)3-6(8)10/h3-4H,1-2H3/b5-3-. The summed E-state index contributed by atoms with van der Waals surface area (Å²) >= 11 is 10.2. The molecule has 0 amide bonds. The summed E-state index contributed by atoms with van der Waals surface area (Å²) in [4.78, 5) is 20.9. The Morgan fingerprint density at radius 1 is 1.27 bits per heavy atom. The Bertz CT molecular complexity index is 206. The van der Waals surface area contributed by atoms with Crippen molar-refractivity contribution >= 4 is 33.7 Å². The van der Waals surface area contributed by atoms with Crippen LogP contribution in [0.5, 0.6) is 0 Å². The zero-order valence-electron chi connectivity index (χ0n) is 6.23. The monoisotopic (exact) mass is 194 g/mol. The summed E-state index contributed by atoms with van der Waals surface area (Å²) in [7, 11) is 0. The van der Waals surface area contributed by atoms with Crippen LogP contribution in [0.25, 0.3) is 0 Å². The summed E-state index contributed by atoms with van der Waals surface area (Å²) in [5, 5.41) is -1.31. The lowest BCUT2D eigenvalue weighted by molar-refractivity contribution is -0.110. The van der Waals surface area contributed by atoms with Crippen LogP contribution in [-0.2, 0) is 9.59 Å². The van der Waals surface area contributed by atoms with Crippen molar-refractivity contribution < 1.29 is 9.59 Å². The number of hydrogen-bond donors (Lipinski definition) is 0. The first-order chi connectivity index (χ1) is 4.95. The molecule has 0 aliphatic heterocycles. The maximum atomic E-state index is 10.6. The van der Waals surface area contributed by atoms with Crippen molar-refractivity contribution in [3.05, 3.63) is 11.6 Å². The summed E-state index contributed by atoms with van der Waals surface area (Å²) in [6.45, 7) is 3.51. The third-order valence-corrected chi connectivity index (χ3v) is 1.45. The molecule has 0 aliphatic carbocycles. The van der Waals surface area contributed by atoms with Gasteiger partial charge in [-0.2, -0.15) is 0 Å². The third-order valence-electron chi connectivity index (χ3n) is 1.12. The van der Waals surface area contributed by atoms with Crippen LogP contribution in [0.4, 0.5) is 0 Å². The van der Waals surface area contributed by atoms with E-state index in [2.05, 4.69) is 0 Å². The highest BCUT2D eigenvalue weighted by Gasteiger charge is 2.11. The lowest BCUT2D eigenvalue weighted by Gasteiger charge is -2.03. The van der Waals surface area contributed by atoms with E-state index in [0.717, 1.165) is 6.08 Å². The molecule has 0 aliphatic rings. The van der Waals surface area contributed by atoms with Gasteiger partial charge in [-0.05, 0) is 29.1 Å². The number of carbonyl (C=O) groups is 2. The summed E-state index contributed by atoms with van der Waals surface area (Å²) in [6.07, 6.45) is 1.04. The average Bonchev–Trinajstić information content (AvgIpc) is 1.81. The van der Waals surface area contributed by atoms with E-state index in [-0.39, 0.29) is 11.5 Å². The highest BCUT2D eigenvalue weighted by atomic mass is 35.5. The van der Waals surface area contributed by atoms with Gasteiger partial charge in [-0.3, -0.25) is 9.59 Å². The summed E-state index contributed by atoms with van der Waals surface area (Å²) in [5.74, 6) is -0.0808. The van der Waals surface area contributed by atoms with Gasteiger partial charge < -0.3 is 0 Å². The minimum atomic E-state index is -0.678. The molecule has 0 spiro atoms. The van der Waals surface area contributed by atoms with Crippen LogP contribution < -0.4 is 0 Å².